The molecule has 0 aliphatic heterocycles. The van der Waals surface area contributed by atoms with E-state index in [1.807, 2.05) is 18.2 Å². The Morgan fingerprint density at radius 3 is 2.76 bits per heavy atom. The largest absolute Gasteiger partial charge is 0.392 e. The Balaban J connectivity index is 3.03. The summed E-state index contributed by atoms with van der Waals surface area (Å²) in [5.41, 5.74) is 1.31. The predicted octanol–water partition coefficient (Wildman–Crippen LogP) is 1.89. The van der Waals surface area contributed by atoms with Crippen LogP contribution in [-0.2, 0) is 6.61 Å². The Kier molecular flexibility index (Phi) is 5.24. The molecule has 0 aliphatic rings. The zero-order valence-corrected chi connectivity index (χ0v) is 10.7. The summed E-state index contributed by atoms with van der Waals surface area (Å²) in [5, 5.41) is 20.0. The molecule has 1 N–H and O–H groups in total. The van der Waals surface area contributed by atoms with Crippen LogP contribution < -0.4 is 4.90 Å². The highest BCUT2D eigenvalue weighted by molar-refractivity contribution is 7.98. The summed E-state index contributed by atoms with van der Waals surface area (Å²) in [5.74, 6) is 0.900. The zero-order valence-electron chi connectivity index (χ0n) is 9.92. The number of nitrogens with zero attached hydrogens (tertiary/aromatic N) is 2. The third-order valence-corrected chi connectivity index (χ3v) is 3.05. The fourth-order valence-corrected chi connectivity index (χ4v) is 1.93. The van der Waals surface area contributed by atoms with Gasteiger partial charge in [-0.05, 0) is 24.0 Å². The molecule has 0 aromatic heterocycles. The quantitative estimate of drug-likeness (QED) is 0.622. The Bertz CT molecular complexity index is 398. The van der Waals surface area contributed by atoms with E-state index in [4.69, 9.17) is 5.11 Å². The first-order chi connectivity index (χ1) is 8.10. The summed E-state index contributed by atoms with van der Waals surface area (Å²) in [6, 6.07) is 4.68. The number of anilines is 1. The van der Waals surface area contributed by atoms with E-state index in [0.717, 1.165) is 12.3 Å². The Labute approximate surface area is 105 Å². The zero-order chi connectivity index (χ0) is 12.8. The van der Waals surface area contributed by atoms with Crippen LogP contribution in [0.3, 0.4) is 0 Å². The summed E-state index contributed by atoms with van der Waals surface area (Å²) in [7, 11) is 1.82. The van der Waals surface area contributed by atoms with E-state index < -0.39 is 4.92 Å². The number of benzene rings is 1. The molecule has 0 saturated carbocycles. The normalized spacial score (nSPS) is 10.3. The van der Waals surface area contributed by atoms with Crippen molar-refractivity contribution in [3.05, 3.63) is 33.9 Å². The van der Waals surface area contributed by atoms with E-state index in [1.165, 1.54) is 6.07 Å². The van der Waals surface area contributed by atoms with Crippen LogP contribution in [0.25, 0.3) is 0 Å². The molecule has 1 aromatic carbocycles. The predicted molar refractivity (Wildman–Crippen MR) is 70.7 cm³/mol. The second kappa shape index (κ2) is 6.46. The maximum atomic E-state index is 10.9. The first kappa shape index (κ1) is 13.8. The van der Waals surface area contributed by atoms with Gasteiger partial charge in [-0.25, -0.2) is 0 Å². The van der Waals surface area contributed by atoms with Gasteiger partial charge < -0.3 is 10.0 Å². The number of nitro groups is 1. The molecule has 6 heteroatoms. The molecule has 0 saturated heterocycles. The molecular formula is C11H16N2O3S. The molecule has 0 radical (unpaired) electrons. The van der Waals surface area contributed by atoms with Crippen LogP contribution in [0, 0.1) is 10.1 Å². The number of hydrogen-bond donors (Lipinski definition) is 1. The fraction of sp³-hybridized carbons (Fsp3) is 0.455. The average molecular weight is 256 g/mol. The van der Waals surface area contributed by atoms with Crippen molar-refractivity contribution in [2.45, 2.75) is 6.61 Å². The van der Waals surface area contributed by atoms with Crippen LogP contribution in [0.15, 0.2) is 18.2 Å². The van der Waals surface area contributed by atoms with Gasteiger partial charge in [0.15, 0.2) is 0 Å². The van der Waals surface area contributed by atoms with Crippen molar-refractivity contribution in [3.8, 4) is 0 Å². The van der Waals surface area contributed by atoms with Crippen molar-refractivity contribution in [2.24, 2.45) is 0 Å². The van der Waals surface area contributed by atoms with Crippen LogP contribution >= 0.6 is 11.8 Å². The highest BCUT2D eigenvalue weighted by Gasteiger charge is 2.17. The molecule has 0 amide bonds. The number of hydrogen-bond acceptors (Lipinski definition) is 5. The highest BCUT2D eigenvalue weighted by atomic mass is 32.2. The lowest BCUT2D eigenvalue weighted by Crippen LogP contribution is -2.21. The van der Waals surface area contributed by atoms with Gasteiger partial charge in [0, 0.05) is 25.4 Å². The van der Waals surface area contributed by atoms with Gasteiger partial charge in [0.1, 0.15) is 5.69 Å². The van der Waals surface area contributed by atoms with Gasteiger partial charge in [-0.15, -0.1) is 0 Å². The van der Waals surface area contributed by atoms with Crippen LogP contribution in [0.4, 0.5) is 11.4 Å². The Morgan fingerprint density at radius 1 is 1.53 bits per heavy atom. The second-order valence-electron chi connectivity index (χ2n) is 3.65. The van der Waals surface area contributed by atoms with E-state index >= 15 is 0 Å². The van der Waals surface area contributed by atoms with E-state index in [1.54, 1.807) is 23.9 Å². The molecule has 0 atom stereocenters. The van der Waals surface area contributed by atoms with Gasteiger partial charge in [0.05, 0.1) is 11.5 Å². The van der Waals surface area contributed by atoms with Gasteiger partial charge in [0.25, 0.3) is 5.69 Å². The average Bonchev–Trinajstić information content (AvgIpc) is 2.34. The van der Waals surface area contributed by atoms with Crippen LogP contribution in [0.2, 0.25) is 0 Å². The van der Waals surface area contributed by atoms with Crippen LogP contribution in [0.1, 0.15) is 5.56 Å². The van der Waals surface area contributed by atoms with Crippen molar-refractivity contribution in [2.75, 3.05) is 30.5 Å². The Morgan fingerprint density at radius 2 is 2.24 bits per heavy atom. The lowest BCUT2D eigenvalue weighted by atomic mass is 10.1. The second-order valence-corrected chi connectivity index (χ2v) is 4.64. The highest BCUT2D eigenvalue weighted by Crippen LogP contribution is 2.28. The molecule has 1 aromatic rings. The molecule has 17 heavy (non-hydrogen) atoms. The maximum absolute atomic E-state index is 10.9. The van der Waals surface area contributed by atoms with Crippen LogP contribution in [0.5, 0.6) is 0 Å². The third kappa shape index (κ3) is 3.61. The minimum atomic E-state index is -0.397. The van der Waals surface area contributed by atoms with Gasteiger partial charge in [-0.2, -0.15) is 11.8 Å². The fourth-order valence-electron chi connectivity index (χ4n) is 1.48. The molecule has 0 bridgehead atoms. The van der Waals surface area contributed by atoms with Crippen molar-refractivity contribution in [1.82, 2.24) is 0 Å². The number of aliphatic hydroxyl groups excluding tert-OH is 1. The van der Waals surface area contributed by atoms with Gasteiger partial charge in [-0.1, -0.05) is 0 Å². The molecule has 0 aliphatic carbocycles. The number of rotatable bonds is 6. The van der Waals surface area contributed by atoms with Crippen molar-refractivity contribution in [1.29, 1.82) is 0 Å². The summed E-state index contributed by atoms with van der Waals surface area (Å²) >= 11 is 1.69. The SMILES string of the molecule is CSCCN(C)c1cc(CO)ccc1[N+](=O)[O-]. The molecule has 5 nitrogen and oxygen atoms in total. The van der Waals surface area contributed by atoms with E-state index in [-0.39, 0.29) is 12.3 Å². The molecule has 1 rings (SSSR count). The van der Waals surface area contributed by atoms with E-state index in [9.17, 15) is 10.1 Å². The van der Waals surface area contributed by atoms with Gasteiger partial charge in [0.2, 0.25) is 0 Å². The first-order valence-corrected chi connectivity index (χ1v) is 6.57. The summed E-state index contributed by atoms with van der Waals surface area (Å²) in [6.07, 6.45) is 1.99. The van der Waals surface area contributed by atoms with E-state index in [2.05, 4.69) is 0 Å². The van der Waals surface area contributed by atoms with Crippen molar-refractivity contribution >= 4 is 23.1 Å². The molecule has 0 unspecified atom stereocenters. The molecule has 0 spiro atoms. The smallest absolute Gasteiger partial charge is 0.292 e. The lowest BCUT2D eigenvalue weighted by Gasteiger charge is -2.19. The standard InChI is InChI=1S/C11H16N2O3S/c1-12(5-6-17-2)11-7-9(8-14)3-4-10(11)13(15)16/h3-4,7,14H,5-6,8H2,1-2H3. The first-order valence-electron chi connectivity index (χ1n) is 5.18. The molecule has 94 valence electrons. The summed E-state index contributed by atoms with van der Waals surface area (Å²) < 4.78 is 0. The van der Waals surface area contributed by atoms with E-state index in [0.29, 0.717) is 11.3 Å². The molecule has 0 heterocycles. The van der Waals surface area contributed by atoms with Crippen molar-refractivity contribution in [3.63, 3.8) is 0 Å². The molecular weight excluding hydrogens is 240 g/mol. The number of nitro benzene ring substituents is 1. The number of aliphatic hydroxyl groups is 1. The van der Waals surface area contributed by atoms with Gasteiger partial charge in [-0.3, -0.25) is 10.1 Å². The monoisotopic (exact) mass is 256 g/mol. The van der Waals surface area contributed by atoms with Gasteiger partial charge >= 0.3 is 0 Å². The number of thioether (sulfide) groups is 1. The topological polar surface area (TPSA) is 66.6 Å². The minimum absolute atomic E-state index is 0.0748. The summed E-state index contributed by atoms with van der Waals surface area (Å²) in [4.78, 5) is 12.4. The Hall–Kier alpha value is -1.27. The minimum Gasteiger partial charge on any atom is -0.392 e. The van der Waals surface area contributed by atoms with Crippen molar-refractivity contribution < 1.29 is 10.0 Å². The molecule has 0 fully saturated rings. The third-order valence-electron chi connectivity index (χ3n) is 2.46. The summed E-state index contributed by atoms with van der Waals surface area (Å²) in [6.45, 7) is 0.623. The van der Waals surface area contributed by atoms with Crippen LogP contribution in [-0.4, -0.2) is 35.6 Å². The lowest BCUT2D eigenvalue weighted by molar-refractivity contribution is -0.384. The maximum Gasteiger partial charge on any atom is 0.292 e.